The van der Waals surface area contributed by atoms with E-state index in [9.17, 15) is 24.9 Å². The van der Waals surface area contributed by atoms with E-state index in [0.29, 0.717) is 21.5 Å². The minimum absolute atomic E-state index is 0.000786. The SMILES string of the molecule is Nc1cc(C[C@H](Nc2nc3ccc(Cl)cc3cc2C(=O)O)C(=O)O)ccc1O. The molecule has 0 fully saturated rings. The molecule has 0 amide bonds. The first-order chi connectivity index (χ1) is 13.2. The van der Waals surface area contributed by atoms with Crippen molar-refractivity contribution in [3.05, 3.63) is 58.6 Å². The van der Waals surface area contributed by atoms with E-state index in [0.717, 1.165) is 0 Å². The number of fused-ring (bicyclic) bond motifs is 1. The van der Waals surface area contributed by atoms with Crippen molar-refractivity contribution in [3.8, 4) is 5.75 Å². The number of nitrogens with one attached hydrogen (secondary N) is 1. The van der Waals surface area contributed by atoms with Gasteiger partial charge in [0.05, 0.1) is 11.2 Å². The molecule has 2 aromatic carbocycles. The number of pyridine rings is 1. The summed E-state index contributed by atoms with van der Waals surface area (Å²) in [6.45, 7) is 0. The lowest BCUT2D eigenvalue weighted by atomic mass is 10.0. The van der Waals surface area contributed by atoms with E-state index in [-0.39, 0.29) is 29.2 Å². The second-order valence-corrected chi connectivity index (χ2v) is 6.60. The van der Waals surface area contributed by atoms with Gasteiger partial charge in [-0.2, -0.15) is 0 Å². The molecule has 28 heavy (non-hydrogen) atoms. The van der Waals surface area contributed by atoms with Crippen LogP contribution in [0.4, 0.5) is 11.5 Å². The summed E-state index contributed by atoms with van der Waals surface area (Å²) >= 11 is 5.93. The lowest BCUT2D eigenvalue weighted by Crippen LogP contribution is -2.32. The predicted octanol–water partition coefficient (Wildman–Crippen LogP) is 2.98. The van der Waals surface area contributed by atoms with Gasteiger partial charge in [0, 0.05) is 16.8 Å². The number of aromatic nitrogens is 1. The van der Waals surface area contributed by atoms with Crippen LogP contribution in [-0.2, 0) is 11.2 Å². The van der Waals surface area contributed by atoms with Gasteiger partial charge in [-0.1, -0.05) is 17.7 Å². The summed E-state index contributed by atoms with van der Waals surface area (Å²) in [7, 11) is 0. The van der Waals surface area contributed by atoms with Crippen LogP contribution in [0.3, 0.4) is 0 Å². The first-order valence-electron chi connectivity index (χ1n) is 8.15. The largest absolute Gasteiger partial charge is 0.506 e. The first kappa shape index (κ1) is 19.2. The van der Waals surface area contributed by atoms with Gasteiger partial charge >= 0.3 is 11.9 Å². The van der Waals surface area contributed by atoms with E-state index in [1.807, 2.05) is 0 Å². The molecule has 0 saturated heterocycles. The highest BCUT2D eigenvalue weighted by atomic mass is 35.5. The maximum atomic E-state index is 11.7. The van der Waals surface area contributed by atoms with E-state index >= 15 is 0 Å². The molecular formula is C19H16ClN3O5. The molecule has 1 heterocycles. The Kier molecular flexibility index (Phi) is 5.23. The lowest BCUT2D eigenvalue weighted by molar-refractivity contribution is -0.137. The second-order valence-electron chi connectivity index (χ2n) is 6.16. The van der Waals surface area contributed by atoms with Gasteiger partial charge in [0.15, 0.2) is 0 Å². The molecule has 0 saturated carbocycles. The van der Waals surface area contributed by atoms with Crippen LogP contribution in [0, 0.1) is 0 Å². The monoisotopic (exact) mass is 401 g/mol. The van der Waals surface area contributed by atoms with Gasteiger partial charge in [-0.15, -0.1) is 0 Å². The normalized spacial score (nSPS) is 11.9. The number of phenols is 1. The molecule has 0 bridgehead atoms. The van der Waals surface area contributed by atoms with Crippen molar-refractivity contribution in [2.75, 3.05) is 11.1 Å². The number of rotatable bonds is 6. The first-order valence-corrected chi connectivity index (χ1v) is 8.52. The Morgan fingerprint density at radius 3 is 2.54 bits per heavy atom. The molecule has 0 aliphatic carbocycles. The molecule has 9 heteroatoms. The minimum Gasteiger partial charge on any atom is -0.506 e. The molecular weight excluding hydrogens is 386 g/mol. The van der Waals surface area contributed by atoms with Crippen molar-refractivity contribution < 1.29 is 24.9 Å². The lowest BCUT2D eigenvalue weighted by Gasteiger charge is -2.17. The average Bonchev–Trinajstić information content (AvgIpc) is 2.63. The van der Waals surface area contributed by atoms with Crippen LogP contribution in [0.5, 0.6) is 5.75 Å². The maximum Gasteiger partial charge on any atom is 0.339 e. The van der Waals surface area contributed by atoms with E-state index < -0.39 is 18.0 Å². The van der Waals surface area contributed by atoms with Crippen LogP contribution in [0.15, 0.2) is 42.5 Å². The fraction of sp³-hybridized carbons (Fsp3) is 0.105. The van der Waals surface area contributed by atoms with Gasteiger partial charge < -0.3 is 26.4 Å². The minimum atomic E-state index is -1.25. The molecule has 0 aliphatic rings. The summed E-state index contributed by atoms with van der Waals surface area (Å²) < 4.78 is 0. The van der Waals surface area contributed by atoms with E-state index in [4.69, 9.17) is 17.3 Å². The quantitative estimate of drug-likeness (QED) is 0.313. The molecule has 0 unspecified atom stereocenters. The summed E-state index contributed by atoms with van der Waals surface area (Å²) in [5, 5.41) is 32.2. The number of benzene rings is 2. The second kappa shape index (κ2) is 7.61. The number of phenolic OH excluding ortho intramolecular Hbond substituents is 1. The number of carboxylic acids is 2. The zero-order valence-electron chi connectivity index (χ0n) is 14.4. The fourth-order valence-corrected chi connectivity index (χ4v) is 2.93. The number of halogens is 1. The summed E-state index contributed by atoms with van der Waals surface area (Å²) in [4.78, 5) is 27.6. The number of hydrogen-bond donors (Lipinski definition) is 5. The Morgan fingerprint density at radius 2 is 1.89 bits per heavy atom. The predicted molar refractivity (Wildman–Crippen MR) is 105 cm³/mol. The Balaban J connectivity index is 1.98. The van der Waals surface area contributed by atoms with Crippen molar-refractivity contribution >= 4 is 45.9 Å². The van der Waals surface area contributed by atoms with E-state index in [1.54, 1.807) is 18.2 Å². The zero-order valence-corrected chi connectivity index (χ0v) is 15.1. The summed E-state index contributed by atoms with van der Waals surface area (Å²) in [6, 6.07) is 9.38. The Morgan fingerprint density at radius 1 is 1.14 bits per heavy atom. The molecule has 3 aromatic rings. The van der Waals surface area contributed by atoms with E-state index in [2.05, 4.69) is 10.3 Å². The van der Waals surface area contributed by atoms with E-state index in [1.165, 1.54) is 24.3 Å². The van der Waals surface area contributed by atoms with Crippen molar-refractivity contribution in [2.45, 2.75) is 12.5 Å². The van der Waals surface area contributed by atoms with Crippen molar-refractivity contribution in [1.82, 2.24) is 4.98 Å². The molecule has 6 N–H and O–H groups in total. The van der Waals surface area contributed by atoms with Gasteiger partial charge in [0.1, 0.15) is 23.2 Å². The number of nitrogens with zero attached hydrogens (tertiary/aromatic N) is 1. The Hall–Kier alpha value is -3.52. The third-order valence-electron chi connectivity index (χ3n) is 4.15. The highest BCUT2D eigenvalue weighted by molar-refractivity contribution is 6.31. The van der Waals surface area contributed by atoms with Crippen LogP contribution in [0.2, 0.25) is 5.02 Å². The number of nitrogens with two attached hydrogens (primary N) is 1. The summed E-state index contributed by atoms with van der Waals surface area (Å²) in [6.07, 6.45) is -0.000786. The summed E-state index contributed by atoms with van der Waals surface area (Å²) in [5.74, 6) is -2.62. The smallest absolute Gasteiger partial charge is 0.339 e. The van der Waals surface area contributed by atoms with Gasteiger partial charge in [0.25, 0.3) is 0 Å². The van der Waals surface area contributed by atoms with Crippen LogP contribution in [-0.4, -0.2) is 38.3 Å². The molecule has 8 nitrogen and oxygen atoms in total. The van der Waals surface area contributed by atoms with Crippen LogP contribution < -0.4 is 11.1 Å². The molecule has 3 rings (SSSR count). The van der Waals surface area contributed by atoms with Gasteiger partial charge in [-0.25, -0.2) is 14.6 Å². The summed E-state index contributed by atoms with van der Waals surface area (Å²) in [5.41, 5.74) is 6.61. The molecule has 1 atom stereocenters. The number of aromatic carboxylic acids is 1. The number of nitrogen functional groups attached to an aromatic ring is 1. The van der Waals surface area contributed by atoms with Gasteiger partial charge in [0.2, 0.25) is 0 Å². The zero-order chi connectivity index (χ0) is 20.4. The number of anilines is 2. The standard InChI is InChI=1S/C19H16ClN3O5/c20-11-2-3-14-10(7-11)8-12(18(25)26)17(22-14)23-15(19(27)28)6-9-1-4-16(24)13(21)5-9/h1-5,7-8,15,24H,6,21H2,(H,22,23)(H,25,26)(H,27,28)/t15-/m0/s1. The van der Waals surface area contributed by atoms with Crippen molar-refractivity contribution in [1.29, 1.82) is 0 Å². The molecule has 144 valence electrons. The number of hydrogen-bond acceptors (Lipinski definition) is 6. The molecule has 0 radical (unpaired) electrons. The molecule has 0 spiro atoms. The highest BCUT2D eigenvalue weighted by Crippen LogP contribution is 2.25. The van der Waals surface area contributed by atoms with Crippen LogP contribution >= 0.6 is 11.6 Å². The number of aromatic hydroxyl groups is 1. The number of aliphatic carboxylic acids is 1. The molecule has 1 aromatic heterocycles. The average molecular weight is 402 g/mol. The number of carboxylic acid groups (broad SMARTS) is 2. The van der Waals surface area contributed by atoms with Crippen molar-refractivity contribution in [2.24, 2.45) is 0 Å². The van der Waals surface area contributed by atoms with Crippen LogP contribution in [0.25, 0.3) is 10.9 Å². The molecule has 0 aliphatic heterocycles. The topological polar surface area (TPSA) is 146 Å². The fourth-order valence-electron chi connectivity index (χ4n) is 2.75. The van der Waals surface area contributed by atoms with Gasteiger partial charge in [-0.05, 0) is 42.0 Å². The maximum absolute atomic E-state index is 11.7. The Bertz CT molecular complexity index is 1090. The highest BCUT2D eigenvalue weighted by Gasteiger charge is 2.22. The Labute approximate surface area is 164 Å². The van der Waals surface area contributed by atoms with Crippen LogP contribution in [0.1, 0.15) is 15.9 Å². The third-order valence-corrected chi connectivity index (χ3v) is 4.38. The van der Waals surface area contributed by atoms with Crippen molar-refractivity contribution in [3.63, 3.8) is 0 Å². The van der Waals surface area contributed by atoms with Gasteiger partial charge in [-0.3, -0.25) is 0 Å². The number of carbonyl (C=O) groups is 2. The third kappa shape index (κ3) is 4.07.